The summed E-state index contributed by atoms with van der Waals surface area (Å²) >= 11 is 3.24. The van der Waals surface area contributed by atoms with E-state index in [9.17, 15) is 4.39 Å². The lowest BCUT2D eigenvalue weighted by Gasteiger charge is -1.98. The number of hydrogen-bond donors (Lipinski definition) is 1. The molecule has 2 aromatic rings. The first-order valence-electron chi connectivity index (χ1n) is 4.22. The number of aliphatic hydroxyl groups excluding tert-OH is 1. The Kier molecular flexibility index (Phi) is 2.83. The zero-order chi connectivity index (χ0) is 10.8. The molecular formula is C10H7BrFNO2. The maximum Gasteiger partial charge on any atom is 0.170 e. The summed E-state index contributed by atoms with van der Waals surface area (Å²) in [5, 5.41) is 12.4. The summed E-state index contributed by atoms with van der Waals surface area (Å²) in [6, 6.07) is 6.03. The smallest absolute Gasteiger partial charge is 0.170 e. The minimum absolute atomic E-state index is 0.223. The third-order valence-electron chi connectivity index (χ3n) is 1.91. The first-order valence-corrected chi connectivity index (χ1v) is 5.02. The van der Waals surface area contributed by atoms with E-state index in [-0.39, 0.29) is 12.4 Å². The fourth-order valence-electron chi connectivity index (χ4n) is 1.20. The van der Waals surface area contributed by atoms with Crippen LogP contribution in [0.15, 0.2) is 33.3 Å². The molecule has 0 bridgehead atoms. The second-order valence-electron chi connectivity index (χ2n) is 2.96. The highest BCUT2D eigenvalue weighted by atomic mass is 79.9. The Morgan fingerprint density at radius 2 is 2.20 bits per heavy atom. The number of halogens is 2. The van der Waals surface area contributed by atoms with Gasteiger partial charge in [0.2, 0.25) is 0 Å². The quantitative estimate of drug-likeness (QED) is 0.914. The number of benzene rings is 1. The summed E-state index contributed by atoms with van der Waals surface area (Å²) in [6.45, 7) is -0.223. The normalized spacial score (nSPS) is 10.6. The third-order valence-corrected chi connectivity index (χ3v) is 2.41. The van der Waals surface area contributed by atoms with Crippen molar-refractivity contribution in [3.63, 3.8) is 0 Å². The van der Waals surface area contributed by atoms with Gasteiger partial charge in [0.25, 0.3) is 0 Å². The summed E-state index contributed by atoms with van der Waals surface area (Å²) < 4.78 is 19.1. The molecular weight excluding hydrogens is 265 g/mol. The van der Waals surface area contributed by atoms with Crippen LogP contribution < -0.4 is 0 Å². The molecule has 5 heteroatoms. The fraction of sp³-hybridized carbons (Fsp3) is 0.100. The van der Waals surface area contributed by atoms with E-state index in [0.717, 1.165) is 4.47 Å². The van der Waals surface area contributed by atoms with Crippen molar-refractivity contribution < 1.29 is 14.0 Å². The van der Waals surface area contributed by atoms with Gasteiger partial charge in [0.05, 0.1) is 12.2 Å². The Bertz CT molecular complexity index is 484. The summed E-state index contributed by atoms with van der Waals surface area (Å²) in [6.07, 6.45) is 0. The Morgan fingerprint density at radius 1 is 1.40 bits per heavy atom. The van der Waals surface area contributed by atoms with Gasteiger partial charge in [-0.3, -0.25) is 0 Å². The molecule has 0 aliphatic carbocycles. The fourth-order valence-corrected chi connectivity index (χ4v) is 1.56. The molecule has 3 nitrogen and oxygen atoms in total. The van der Waals surface area contributed by atoms with Gasteiger partial charge < -0.3 is 9.63 Å². The van der Waals surface area contributed by atoms with E-state index in [1.165, 1.54) is 12.1 Å². The molecule has 1 N–H and O–H groups in total. The predicted octanol–water partition coefficient (Wildman–Crippen LogP) is 2.74. The van der Waals surface area contributed by atoms with Gasteiger partial charge in [0, 0.05) is 10.5 Å². The van der Waals surface area contributed by atoms with Crippen molar-refractivity contribution in [3.05, 3.63) is 40.2 Å². The van der Waals surface area contributed by atoms with Crippen LogP contribution >= 0.6 is 15.9 Å². The van der Waals surface area contributed by atoms with E-state index in [0.29, 0.717) is 17.0 Å². The van der Waals surface area contributed by atoms with Crippen LogP contribution in [0.25, 0.3) is 11.3 Å². The molecule has 0 radical (unpaired) electrons. The standard InChI is InChI=1S/C10H7BrFNO2/c11-6-1-2-9(12)8(3-6)10-4-7(5-14)13-15-10/h1-4,14H,5H2. The van der Waals surface area contributed by atoms with Crippen LogP contribution in [0, 0.1) is 5.82 Å². The zero-order valence-corrected chi connectivity index (χ0v) is 9.16. The van der Waals surface area contributed by atoms with Crippen molar-refractivity contribution in [2.24, 2.45) is 0 Å². The average Bonchev–Trinajstić information content (AvgIpc) is 2.70. The molecule has 0 saturated carbocycles. The molecule has 15 heavy (non-hydrogen) atoms. The Balaban J connectivity index is 2.48. The molecule has 1 aromatic heterocycles. The lowest BCUT2D eigenvalue weighted by Crippen LogP contribution is -1.82. The highest BCUT2D eigenvalue weighted by Crippen LogP contribution is 2.26. The highest BCUT2D eigenvalue weighted by molar-refractivity contribution is 9.10. The van der Waals surface area contributed by atoms with Crippen molar-refractivity contribution in [3.8, 4) is 11.3 Å². The minimum Gasteiger partial charge on any atom is -0.390 e. The molecule has 0 amide bonds. The maximum atomic E-state index is 13.4. The van der Waals surface area contributed by atoms with Crippen molar-refractivity contribution >= 4 is 15.9 Å². The average molecular weight is 272 g/mol. The van der Waals surface area contributed by atoms with Gasteiger partial charge in [-0.15, -0.1) is 0 Å². The molecule has 2 rings (SSSR count). The van der Waals surface area contributed by atoms with E-state index >= 15 is 0 Å². The molecule has 0 aliphatic rings. The largest absolute Gasteiger partial charge is 0.390 e. The van der Waals surface area contributed by atoms with E-state index in [1.807, 2.05) is 0 Å². The number of nitrogens with zero attached hydrogens (tertiary/aromatic N) is 1. The molecule has 78 valence electrons. The van der Waals surface area contributed by atoms with E-state index < -0.39 is 0 Å². The number of aromatic nitrogens is 1. The second-order valence-corrected chi connectivity index (χ2v) is 3.88. The van der Waals surface area contributed by atoms with Gasteiger partial charge in [-0.2, -0.15) is 0 Å². The SMILES string of the molecule is OCc1cc(-c2cc(Br)ccc2F)on1. The maximum absolute atomic E-state index is 13.4. The molecule has 0 aliphatic heterocycles. The second kappa shape index (κ2) is 4.12. The van der Waals surface area contributed by atoms with Crippen molar-refractivity contribution in [2.75, 3.05) is 0 Å². The molecule has 0 saturated heterocycles. The zero-order valence-electron chi connectivity index (χ0n) is 7.58. The number of hydrogen-bond acceptors (Lipinski definition) is 3. The van der Waals surface area contributed by atoms with Crippen LogP contribution in [-0.4, -0.2) is 10.3 Å². The minimum atomic E-state index is -0.390. The van der Waals surface area contributed by atoms with Crippen LogP contribution in [0.4, 0.5) is 4.39 Å². The van der Waals surface area contributed by atoms with Crippen LogP contribution in [0.3, 0.4) is 0 Å². The Hall–Kier alpha value is -1.20. The first-order chi connectivity index (χ1) is 7.20. The van der Waals surface area contributed by atoms with Crippen molar-refractivity contribution in [2.45, 2.75) is 6.61 Å². The molecule has 1 aromatic carbocycles. The Morgan fingerprint density at radius 3 is 2.87 bits per heavy atom. The van der Waals surface area contributed by atoms with Crippen LogP contribution in [0.5, 0.6) is 0 Å². The van der Waals surface area contributed by atoms with Gasteiger partial charge in [-0.05, 0) is 18.2 Å². The van der Waals surface area contributed by atoms with Gasteiger partial charge in [0.1, 0.15) is 11.5 Å². The van der Waals surface area contributed by atoms with Crippen LogP contribution in [-0.2, 0) is 6.61 Å². The van der Waals surface area contributed by atoms with E-state index in [2.05, 4.69) is 21.1 Å². The van der Waals surface area contributed by atoms with E-state index in [1.54, 1.807) is 12.1 Å². The van der Waals surface area contributed by atoms with Gasteiger partial charge in [0.15, 0.2) is 5.76 Å². The van der Waals surface area contributed by atoms with Crippen LogP contribution in [0.1, 0.15) is 5.69 Å². The summed E-state index contributed by atoms with van der Waals surface area (Å²) in [5.41, 5.74) is 0.695. The summed E-state index contributed by atoms with van der Waals surface area (Å²) in [7, 11) is 0. The Labute approximate surface area is 93.6 Å². The highest BCUT2D eigenvalue weighted by Gasteiger charge is 2.11. The van der Waals surface area contributed by atoms with Crippen molar-refractivity contribution in [1.29, 1.82) is 0 Å². The van der Waals surface area contributed by atoms with Gasteiger partial charge >= 0.3 is 0 Å². The molecule has 0 spiro atoms. The number of aliphatic hydroxyl groups is 1. The van der Waals surface area contributed by atoms with Gasteiger partial charge in [-0.1, -0.05) is 21.1 Å². The lowest BCUT2D eigenvalue weighted by atomic mass is 10.1. The molecule has 0 fully saturated rings. The first kappa shape index (κ1) is 10.3. The van der Waals surface area contributed by atoms with Crippen molar-refractivity contribution in [1.82, 2.24) is 5.16 Å². The third kappa shape index (κ3) is 2.08. The van der Waals surface area contributed by atoms with Gasteiger partial charge in [-0.25, -0.2) is 4.39 Å². The summed E-state index contributed by atoms with van der Waals surface area (Å²) in [4.78, 5) is 0. The molecule has 0 unspecified atom stereocenters. The van der Waals surface area contributed by atoms with E-state index in [4.69, 9.17) is 9.63 Å². The van der Waals surface area contributed by atoms with Crippen LogP contribution in [0.2, 0.25) is 0 Å². The molecule has 1 heterocycles. The lowest BCUT2D eigenvalue weighted by molar-refractivity contribution is 0.267. The summed E-state index contributed by atoms with van der Waals surface area (Å²) in [5.74, 6) is -0.0864. The topological polar surface area (TPSA) is 46.3 Å². The molecule has 0 atom stereocenters. The predicted molar refractivity (Wildman–Crippen MR) is 55.5 cm³/mol. The number of rotatable bonds is 2. The monoisotopic (exact) mass is 271 g/mol.